The maximum atomic E-state index is 11.3. The second-order valence-electron chi connectivity index (χ2n) is 5.66. The summed E-state index contributed by atoms with van der Waals surface area (Å²) in [5.74, 6) is -0.753. The fourth-order valence-electron chi connectivity index (χ4n) is 2.68. The molecule has 1 aliphatic heterocycles. The number of nitrogens with one attached hydrogen (secondary N) is 2. The van der Waals surface area contributed by atoms with Gasteiger partial charge in [0.25, 0.3) is 0 Å². The van der Waals surface area contributed by atoms with Crippen LogP contribution in [-0.2, 0) is 22.4 Å². The molecule has 5 heteroatoms. The molecule has 0 bridgehead atoms. The van der Waals surface area contributed by atoms with E-state index in [0.717, 1.165) is 29.7 Å². The van der Waals surface area contributed by atoms with Gasteiger partial charge in [-0.2, -0.15) is 0 Å². The fourth-order valence-corrected chi connectivity index (χ4v) is 2.68. The van der Waals surface area contributed by atoms with Crippen molar-refractivity contribution in [2.45, 2.75) is 44.2 Å². The molecule has 0 spiro atoms. The van der Waals surface area contributed by atoms with Crippen LogP contribution in [0, 0.1) is 0 Å². The summed E-state index contributed by atoms with van der Waals surface area (Å²) < 4.78 is 0. The van der Waals surface area contributed by atoms with E-state index < -0.39 is 5.97 Å². The van der Waals surface area contributed by atoms with Crippen LogP contribution in [0.5, 0.6) is 0 Å². The first-order valence-corrected chi connectivity index (χ1v) is 6.99. The lowest BCUT2D eigenvalue weighted by Crippen LogP contribution is -2.35. The van der Waals surface area contributed by atoms with Crippen LogP contribution < -0.4 is 10.6 Å². The number of hydrogen-bond acceptors (Lipinski definition) is 3. The zero-order valence-electron chi connectivity index (χ0n) is 11.2. The van der Waals surface area contributed by atoms with Crippen LogP contribution >= 0.6 is 0 Å². The zero-order chi connectivity index (χ0) is 14.1. The van der Waals surface area contributed by atoms with E-state index >= 15 is 0 Å². The van der Waals surface area contributed by atoms with Gasteiger partial charge in [0.05, 0.1) is 12.8 Å². The highest BCUT2D eigenvalue weighted by atomic mass is 16.4. The smallest absolute Gasteiger partial charge is 0.304 e. The maximum absolute atomic E-state index is 11.3. The molecule has 1 aromatic carbocycles. The predicted molar refractivity (Wildman–Crippen MR) is 74.7 cm³/mol. The summed E-state index contributed by atoms with van der Waals surface area (Å²) in [6.45, 7) is 0. The van der Waals surface area contributed by atoms with E-state index in [0.29, 0.717) is 18.9 Å². The molecule has 0 saturated heterocycles. The van der Waals surface area contributed by atoms with Crippen molar-refractivity contribution in [2.75, 3.05) is 5.32 Å². The van der Waals surface area contributed by atoms with Gasteiger partial charge in [-0.3, -0.25) is 9.59 Å². The topological polar surface area (TPSA) is 78.4 Å². The Balaban J connectivity index is 1.69. The van der Waals surface area contributed by atoms with E-state index in [-0.39, 0.29) is 18.4 Å². The Hall–Kier alpha value is -1.88. The van der Waals surface area contributed by atoms with Crippen molar-refractivity contribution in [2.24, 2.45) is 0 Å². The van der Waals surface area contributed by atoms with Crippen molar-refractivity contribution < 1.29 is 14.7 Å². The minimum absolute atomic E-state index is 0.0235. The Labute approximate surface area is 117 Å². The summed E-state index contributed by atoms with van der Waals surface area (Å²) in [6.07, 6.45) is 3.51. The van der Waals surface area contributed by atoms with Gasteiger partial charge in [-0.05, 0) is 36.5 Å². The number of carboxylic acids is 1. The van der Waals surface area contributed by atoms with E-state index in [9.17, 15) is 9.59 Å². The minimum Gasteiger partial charge on any atom is -0.481 e. The lowest BCUT2D eigenvalue weighted by molar-refractivity contribution is -0.137. The molecule has 2 aliphatic rings. The Morgan fingerprint density at radius 3 is 2.95 bits per heavy atom. The van der Waals surface area contributed by atoms with E-state index in [4.69, 9.17) is 5.11 Å². The van der Waals surface area contributed by atoms with Crippen LogP contribution in [0.15, 0.2) is 18.2 Å². The molecule has 1 fully saturated rings. The summed E-state index contributed by atoms with van der Waals surface area (Å²) in [5.41, 5.74) is 2.97. The summed E-state index contributed by atoms with van der Waals surface area (Å²) in [7, 11) is 0. The van der Waals surface area contributed by atoms with Crippen molar-refractivity contribution in [3.8, 4) is 0 Å². The second-order valence-corrected chi connectivity index (χ2v) is 5.66. The highest BCUT2D eigenvalue weighted by Crippen LogP contribution is 2.25. The van der Waals surface area contributed by atoms with Crippen LogP contribution in [0.4, 0.5) is 5.69 Å². The molecule has 5 nitrogen and oxygen atoms in total. The Morgan fingerprint density at radius 2 is 2.25 bits per heavy atom. The molecule has 1 amide bonds. The number of fused-ring (bicyclic) bond motifs is 1. The molecule has 1 aliphatic carbocycles. The van der Waals surface area contributed by atoms with Crippen LogP contribution in [0.25, 0.3) is 0 Å². The quantitative estimate of drug-likeness (QED) is 0.731. The Kier molecular flexibility index (Phi) is 3.44. The largest absolute Gasteiger partial charge is 0.481 e. The number of aliphatic carboxylic acids is 1. The molecule has 1 saturated carbocycles. The van der Waals surface area contributed by atoms with Gasteiger partial charge in [0, 0.05) is 17.8 Å². The second kappa shape index (κ2) is 5.25. The van der Waals surface area contributed by atoms with Gasteiger partial charge >= 0.3 is 5.97 Å². The summed E-state index contributed by atoms with van der Waals surface area (Å²) in [5, 5.41) is 15.2. The summed E-state index contributed by atoms with van der Waals surface area (Å²) in [6, 6.07) is 6.33. The first kappa shape index (κ1) is 13.1. The zero-order valence-corrected chi connectivity index (χ0v) is 11.2. The van der Waals surface area contributed by atoms with Crippen molar-refractivity contribution in [3.63, 3.8) is 0 Å². The monoisotopic (exact) mass is 274 g/mol. The van der Waals surface area contributed by atoms with Crippen LogP contribution in [0.1, 0.15) is 30.4 Å². The minimum atomic E-state index is -0.777. The summed E-state index contributed by atoms with van der Waals surface area (Å²) >= 11 is 0. The van der Waals surface area contributed by atoms with Gasteiger partial charge in [-0.15, -0.1) is 0 Å². The molecule has 0 radical (unpaired) electrons. The number of carbonyl (C=O) groups is 2. The van der Waals surface area contributed by atoms with Crippen LogP contribution in [-0.4, -0.2) is 29.1 Å². The molecule has 1 unspecified atom stereocenters. The molecule has 1 aromatic rings. The standard InChI is InChI=1S/C15H18N2O3/c18-14-7-10-5-9(1-4-13(10)17-14)6-12(8-15(19)20)16-11-2-3-11/h1,4-5,11-12,16H,2-3,6-8H2,(H,17,18)(H,19,20). The maximum Gasteiger partial charge on any atom is 0.304 e. The molecule has 20 heavy (non-hydrogen) atoms. The number of carbonyl (C=O) groups excluding carboxylic acids is 1. The molecule has 106 valence electrons. The third-order valence-electron chi connectivity index (χ3n) is 3.75. The lowest BCUT2D eigenvalue weighted by Gasteiger charge is -2.17. The van der Waals surface area contributed by atoms with Crippen molar-refractivity contribution in [3.05, 3.63) is 29.3 Å². The number of rotatable bonds is 6. The highest BCUT2D eigenvalue weighted by molar-refractivity contribution is 5.99. The van der Waals surface area contributed by atoms with Crippen LogP contribution in [0.3, 0.4) is 0 Å². The number of benzene rings is 1. The number of amides is 1. The molecular weight excluding hydrogens is 256 g/mol. The molecule has 3 N–H and O–H groups in total. The first-order valence-electron chi connectivity index (χ1n) is 6.99. The first-order chi connectivity index (χ1) is 9.60. The molecular formula is C15H18N2O3. The Bertz CT molecular complexity index is 552. The van der Waals surface area contributed by atoms with E-state index in [2.05, 4.69) is 10.6 Å². The van der Waals surface area contributed by atoms with Crippen LogP contribution in [0.2, 0.25) is 0 Å². The summed E-state index contributed by atoms with van der Waals surface area (Å²) in [4.78, 5) is 22.3. The lowest BCUT2D eigenvalue weighted by atomic mass is 10.00. The molecule has 1 heterocycles. The predicted octanol–water partition coefficient (Wildman–Crippen LogP) is 1.32. The van der Waals surface area contributed by atoms with E-state index in [1.54, 1.807) is 0 Å². The van der Waals surface area contributed by atoms with Gasteiger partial charge in [0.2, 0.25) is 5.91 Å². The average molecular weight is 274 g/mol. The van der Waals surface area contributed by atoms with Gasteiger partial charge in [0.1, 0.15) is 0 Å². The van der Waals surface area contributed by atoms with Crippen molar-refractivity contribution in [1.29, 1.82) is 0 Å². The molecule has 0 aromatic heterocycles. The number of anilines is 1. The third-order valence-corrected chi connectivity index (χ3v) is 3.75. The van der Waals surface area contributed by atoms with Crippen molar-refractivity contribution in [1.82, 2.24) is 5.32 Å². The average Bonchev–Trinajstić information content (AvgIpc) is 3.08. The highest BCUT2D eigenvalue weighted by Gasteiger charge is 2.26. The normalized spacial score (nSPS) is 18.5. The van der Waals surface area contributed by atoms with Gasteiger partial charge in [-0.1, -0.05) is 12.1 Å². The van der Waals surface area contributed by atoms with Crippen molar-refractivity contribution >= 4 is 17.6 Å². The van der Waals surface area contributed by atoms with E-state index in [1.165, 1.54) is 0 Å². The SMILES string of the molecule is O=C(O)CC(Cc1ccc2c(c1)CC(=O)N2)NC1CC1. The van der Waals surface area contributed by atoms with Gasteiger partial charge in [0.15, 0.2) is 0 Å². The molecule has 1 atom stereocenters. The fraction of sp³-hybridized carbons (Fsp3) is 0.467. The van der Waals surface area contributed by atoms with Gasteiger partial charge < -0.3 is 15.7 Å². The number of carboxylic acid groups (broad SMARTS) is 1. The number of hydrogen-bond donors (Lipinski definition) is 3. The Morgan fingerprint density at radius 1 is 1.45 bits per heavy atom. The third kappa shape index (κ3) is 3.17. The van der Waals surface area contributed by atoms with E-state index in [1.807, 2.05) is 18.2 Å². The molecule has 3 rings (SSSR count). The van der Waals surface area contributed by atoms with Gasteiger partial charge in [-0.25, -0.2) is 0 Å².